The Balaban J connectivity index is 1.29. The molecule has 28 heavy (non-hydrogen) atoms. The van der Waals surface area contributed by atoms with Crippen molar-refractivity contribution in [3.63, 3.8) is 0 Å². The summed E-state index contributed by atoms with van der Waals surface area (Å²) in [5.41, 5.74) is 1.59. The molecule has 1 saturated heterocycles. The number of oxazole rings is 1. The fourth-order valence-electron chi connectivity index (χ4n) is 3.41. The first-order valence-electron chi connectivity index (χ1n) is 9.89. The monoisotopic (exact) mass is 382 g/mol. The highest BCUT2D eigenvalue weighted by molar-refractivity contribution is 5.79. The zero-order chi connectivity index (χ0) is 19.5. The van der Waals surface area contributed by atoms with Crippen LogP contribution < -0.4 is 5.32 Å². The SMILES string of the molecule is Cc1oc(-c2ccccc2)nc1CC(=O)N1CCN(CC(=O)NC2CC2)CC1. The van der Waals surface area contributed by atoms with Gasteiger partial charge in [0.05, 0.1) is 18.7 Å². The average Bonchev–Trinajstić information content (AvgIpc) is 3.44. The van der Waals surface area contributed by atoms with Gasteiger partial charge in [0.1, 0.15) is 5.76 Å². The Kier molecular flexibility index (Phi) is 5.43. The molecule has 1 N–H and O–H groups in total. The van der Waals surface area contributed by atoms with Crippen molar-refractivity contribution in [3.8, 4) is 11.5 Å². The Morgan fingerprint density at radius 3 is 2.54 bits per heavy atom. The Labute approximate surface area is 164 Å². The van der Waals surface area contributed by atoms with Crippen LogP contribution in [0.2, 0.25) is 0 Å². The van der Waals surface area contributed by atoms with E-state index in [0.29, 0.717) is 43.0 Å². The highest BCUT2D eigenvalue weighted by atomic mass is 16.4. The molecular weight excluding hydrogens is 356 g/mol. The van der Waals surface area contributed by atoms with E-state index < -0.39 is 0 Å². The van der Waals surface area contributed by atoms with Crippen molar-refractivity contribution in [3.05, 3.63) is 41.8 Å². The minimum Gasteiger partial charge on any atom is -0.441 e. The summed E-state index contributed by atoms with van der Waals surface area (Å²) >= 11 is 0. The van der Waals surface area contributed by atoms with Gasteiger partial charge in [-0.1, -0.05) is 18.2 Å². The second-order valence-corrected chi connectivity index (χ2v) is 7.56. The number of benzene rings is 1. The maximum absolute atomic E-state index is 12.7. The number of rotatable bonds is 6. The van der Waals surface area contributed by atoms with Crippen LogP contribution in [0.4, 0.5) is 0 Å². The summed E-state index contributed by atoms with van der Waals surface area (Å²) < 4.78 is 5.75. The van der Waals surface area contributed by atoms with Crippen molar-refractivity contribution in [1.29, 1.82) is 0 Å². The normalized spacial score (nSPS) is 17.5. The molecule has 2 aliphatic rings. The first kappa shape index (κ1) is 18.7. The molecule has 1 aromatic carbocycles. The van der Waals surface area contributed by atoms with E-state index in [-0.39, 0.29) is 18.2 Å². The van der Waals surface area contributed by atoms with Crippen LogP contribution in [0, 0.1) is 6.92 Å². The standard InChI is InChI=1S/C21H26N4O3/c1-15-18(23-21(28-15)16-5-3-2-4-6-16)13-20(27)25-11-9-24(10-12-25)14-19(26)22-17-7-8-17/h2-6,17H,7-14H2,1H3,(H,22,26). The summed E-state index contributed by atoms with van der Waals surface area (Å²) in [7, 11) is 0. The van der Waals surface area contributed by atoms with E-state index in [9.17, 15) is 9.59 Å². The zero-order valence-corrected chi connectivity index (χ0v) is 16.2. The van der Waals surface area contributed by atoms with Crippen molar-refractivity contribution in [2.75, 3.05) is 32.7 Å². The number of aromatic nitrogens is 1. The molecule has 1 aliphatic carbocycles. The summed E-state index contributed by atoms with van der Waals surface area (Å²) in [5.74, 6) is 1.38. The molecule has 7 nitrogen and oxygen atoms in total. The fourth-order valence-corrected chi connectivity index (χ4v) is 3.41. The Morgan fingerprint density at radius 2 is 1.86 bits per heavy atom. The minimum absolute atomic E-state index is 0.0538. The molecule has 1 aromatic heterocycles. The summed E-state index contributed by atoms with van der Waals surface area (Å²) in [6.45, 7) is 4.98. The van der Waals surface area contributed by atoms with Crippen LogP contribution >= 0.6 is 0 Å². The first-order chi connectivity index (χ1) is 13.6. The minimum atomic E-state index is 0.0538. The molecule has 2 heterocycles. The van der Waals surface area contributed by atoms with Crippen LogP contribution in [0.1, 0.15) is 24.3 Å². The molecule has 0 bridgehead atoms. The van der Waals surface area contributed by atoms with Crippen molar-refractivity contribution < 1.29 is 14.0 Å². The molecule has 2 aromatic rings. The number of aryl methyl sites for hydroxylation is 1. The van der Waals surface area contributed by atoms with Gasteiger partial charge in [-0.25, -0.2) is 4.98 Å². The van der Waals surface area contributed by atoms with Gasteiger partial charge in [-0.05, 0) is 31.9 Å². The van der Waals surface area contributed by atoms with E-state index in [2.05, 4.69) is 15.2 Å². The van der Waals surface area contributed by atoms with E-state index in [1.165, 1.54) is 0 Å². The lowest BCUT2D eigenvalue weighted by Gasteiger charge is -2.34. The van der Waals surface area contributed by atoms with Gasteiger partial charge in [0.25, 0.3) is 0 Å². The van der Waals surface area contributed by atoms with Gasteiger partial charge in [-0.15, -0.1) is 0 Å². The van der Waals surface area contributed by atoms with Crippen LogP contribution in [0.25, 0.3) is 11.5 Å². The van der Waals surface area contributed by atoms with Gasteiger partial charge in [-0.3, -0.25) is 14.5 Å². The third-order valence-corrected chi connectivity index (χ3v) is 5.27. The molecule has 0 atom stereocenters. The van der Waals surface area contributed by atoms with Gasteiger partial charge in [0.2, 0.25) is 17.7 Å². The second-order valence-electron chi connectivity index (χ2n) is 7.56. The quantitative estimate of drug-likeness (QED) is 0.821. The summed E-state index contributed by atoms with van der Waals surface area (Å²) in [6.07, 6.45) is 2.44. The van der Waals surface area contributed by atoms with Gasteiger partial charge < -0.3 is 14.6 Å². The molecule has 0 spiro atoms. The molecular formula is C21H26N4O3. The number of nitrogens with one attached hydrogen (secondary N) is 1. The van der Waals surface area contributed by atoms with Gasteiger partial charge in [0, 0.05) is 37.8 Å². The Bertz CT molecular complexity index is 837. The molecule has 2 amide bonds. The number of amides is 2. The number of carbonyl (C=O) groups excluding carboxylic acids is 2. The van der Waals surface area contributed by atoms with Crippen molar-refractivity contribution in [2.45, 2.75) is 32.2 Å². The number of hydrogen-bond acceptors (Lipinski definition) is 5. The third-order valence-electron chi connectivity index (χ3n) is 5.27. The largest absolute Gasteiger partial charge is 0.441 e. The zero-order valence-electron chi connectivity index (χ0n) is 16.2. The van der Waals surface area contributed by atoms with Crippen molar-refractivity contribution in [1.82, 2.24) is 20.1 Å². The van der Waals surface area contributed by atoms with Crippen LogP contribution in [0.3, 0.4) is 0 Å². The lowest BCUT2D eigenvalue weighted by Crippen LogP contribution is -2.51. The number of hydrogen-bond donors (Lipinski definition) is 1. The van der Waals surface area contributed by atoms with E-state index >= 15 is 0 Å². The van der Waals surface area contributed by atoms with E-state index in [1.54, 1.807) is 0 Å². The predicted octanol–water partition coefficient (Wildman–Crippen LogP) is 1.62. The molecule has 0 radical (unpaired) electrons. The smallest absolute Gasteiger partial charge is 0.234 e. The Hall–Kier alpha value is -2.67. The third kappa shape index (κ3) is 4.59. The van der Waals surface area contributed by atoms with E-state index in [4.69, 9.17) is 4.42 Å². The van der Waals surface area contributed by atoms with E-state index in [0.717, 1.165) is 31.5 Å². The van der Waals surface area contributed by atoms with Crippen molar-refractivity contribution in [2.24, 2.45) is 0 Å². The maximum Gasteiger partial charge on any atom is 0.234 e. The van der Waals surface area contributed by atoms with Gasteiger partial charge in [-0.2, -0.15) is 0 Å². The molecule has 7 heteroatoms. The predicted molar refractivity (Wildman–Crippen MR) is 105 cm³/mol. The van der Waals surface area contributed by atoms with Crippen LogP contribution in [-0.4, -0.2) is 65.4 Å². The number of carbonyl (C=O) groups is 2. The summed E-state index contributed by atoms with van der Waals surface area (Å²) in [6, 6.07) is 10.1. The molecule has 1 saturated carbocycles. The van der Waals surface area contributed by atoms with Crippen LogP contribution in [-0.2, 0) is 16.0 Å². The van der Waals surface area contributed by atoms with E-state index in [1.807, 2.05) is 42.2 Å². The van der Waals surface area contributed by atoms with Crippen LogP contribution in [0.5, 0.6) is 0 Å². The first-order valence-corrected chi connectivity index (χ1v) is 9.89. The topological polar surface area (TPSA) is 78.7 Å². The Morgan fingerprint density at radius 1 is 1.14 bits per heavy atom. The summed E-state index contributed by atoms with van der Waals surface area (Å²) in [5, 5.41) is 3.01. The second kappa shape index (κ2) is 8.14. The highest BCUT2D eigenvalue weighted by Gasteiger charge is 2.27. The fraction of sp³-hybridized carbons (Fsp3) is 0.476. The van der Waals surface area contributed by atoms with Gasteiger partial charge in [0.15, 0.2) is 0 Å². The molecule has 0 unspecified atom stereocenters. The van der Waals surface area contributed by atoms with Crippen molar-refractivity contribution >= 4 is 11.8 Å². The lowest BCUT2D eigenvalue weighted by atomic mass is 10.2. The highest BCUT2D eigenvalue weighted by Crippen LogP contribution is 2.22. The van der Waals surface area contributed by atoms with Crippen LogP contribution in [0.15, 0.2) is 34.7 Å². The number of piperazine rings is 1. The molecule has 2 fully saturated rings. The lowest BCUT2D eigenvalue weighted by molar-refractivity contribution is -0.132. The number of nitrogens with zero attached hydrogens (tertiary/aromatic N) is 3. The van der Waals surface area contributed by atoms with Gasteiger partial charge >= 0.3 is 0 Å². The molecule has 1 aliphatic heterocycles. The summed E-state index contributed by atoms with van der Waals surface area (Å²) in [4.78, 5) is 33.1. The maximum atomic E-state index is 12.7. The molecule has 4 rings (SSSR count). The molecule has 148 valence electrons. The average molecular weight is 382 g/mol.